The van der Waals surface area contributed by atoms with E-state index in [1.54, 1.807) is 0 Å². The summed E-state index contributed by atoms with van der Waals surface area (Å²) in [6.45, 7) is 0.685. The monoisotopic (exact) mass is 279 g/mol. The molecule has 1 fully saturated rings. The third-order valence-electron chi connectivity index (χ3n) is 2.65. The number of aliphatic hydroxyl groups is 1. The fourth-order valence-electron chi connectivity index (χ4n) is 1.69. The molecule has 1 unspecified atom stereocenters. The van der Waals surface area contributed by atoms with Gasteiger partial charge in [-0.1, -0.05) is 11.8 Å². The minimum atomic E-state index is -0.680. The number of carbonyl (C=O) groups excluding carboxylic acids is 1. The van der Waals surface area contributed by atoms with Crippen molar-refractivity contribution in [2.24, 2.45) is 0 Å². The Kier molecular flexibility index (Phi) is 5.07. The first-order valence-electron chi connectivity index (χ1n) is 6.10. The van der Waals surface area contributed by atoms with Crippen molar-refractivity contribution in [3.05, 3.63) is 29.6 Å². The zero-order valence-electron chi connectivity index (χ0n) is 10.7. The second-order valence-corrected chi connectivity index (χ2v) is 4.08. The Morgan fingerprint density at radius 2 is 2.35 bits per heavy atom. The lowest BCUT2D eigenvalue weighted by Crippen LogP contribution is -2.39. The number of halogens is 1. The molecule has 6 heteroatoms. The van der Waals surface area contributed by atoms with E-state index in [9.17, 15) is 9.18 Å². The van der Waals surface area contributed by atoms with Gasteiger partial charge in [-0.2, -0.15) is 0 Å². The number of aliphatic hydroxyl groups excluding tert-OH is 1. The summed E-state index contributed by atoms with van der Waals surface area (Å²) in [5.74, 6) is 3.89. The highest BCUT2D eigenvalue weighted by atomic mass is 19.1. The number of ether oxygens (including phenoxy) is 2. The minimum absolute atomic E-state index is 0.161. The number of benzene rings is 1. The highest BCUT2D eigenvalue weighted by Crippen LogP contribution is 2.15. The summed E-state index contributed by atoms with van der Waals surface area (Å²) in [6, 6.07) is 4.14. The van der Waals surface area contributed by atoms with Crippen LogP contribution in [0.3, 0.4) is 0 Å². The van der Waals surface area contributed by atoms with Crippen LogP contribution in [0.1, 0.15) is 5.56 Å². The molecule has 2 rings (SSSR count). The molecule has 1 aromatic rings. The minimum Gasteiger partial charge on any atom is -0.384 e. The van der Waals surface area contributed by atoms with E-state index in [4.69, 9.17) is 14.6 Å². The molecule has 1 saturated heterocycles. The van der Waals surface area contributed by atoms with Crippen molar-refractivity contribution in [1.82, 2.24) is 0 Å². The Balaban J connectivity index is 2.02. The van der Waals surface area contributed by atoms with Gasteiger partial charge in [0.1, 0.15) is 12.4 Å². The molecule has 1 aliphatic heterocycles. The van der Waals surface area contributed by atoms with E-state index in [1.807, 2.05) is 0 Å². The van der Waals surface area contributed by atoms with Crippen LogP contribution in [-0.4, -0.2) is 43.5 Å². The molecular formula is C14H14FNO4. The number of hydrogen-bond donors (Lipinski definition) is 2. The summed E-state index contributed by atoms with van der Waals surface area (Å²) in [7, 11) is 0. The molecule has 20 heavy (non-hydrogen) atoms. The van der Waals surface area contributed by atoms with Crippen molar-refractivity contribution in [1.29, 1.82) is 0 Å². The van der Waals surface area contributed by atoms with Crippen LogP contribution in [-0.2, 0) is 14.3 Å². The average Bonchev–Trinajstić information content (AvgIpc) is 2.47. The molecule has 0 spiro atoms. The number of hydrogen-bond acceptors (Lipinski definition) is 4. The zero-order chi connectivity index (χ0) is 14.4. The Bertz CT molecular complexity index is 544. The maximum Gasteiger partial charge on any atom is 0.255 e. The van der Waals surface area contributed by atoms with Gasteiger partial charge in [-0.3, -0.25) is 4.79 Å². The number of amides is 1. The summed E-state index contributed by atoms with van der Waals surface area (Å²) in [6.07, 6.45) is -0.680. The van der Waals surface area contributed by atoms with Crippen molar-refractivity contribution in [2.45, 2.75) is 6.10 Å². The van der Waals surface area contributed by atoms with Gasteiger partial charge in [0.05, 0.1) is 25.4 Å². The SMILES string of the molecule is O=C(Nc1ccc(C#CCO)c(F)c1)C1COCCO1. The fourth-order valence-corrected chi connectivity index (χ4v) is 1.69. The van der Waals surface area contributed by atoms with E-state index in [1.165, 1.54) is 18.2 Å². The first-order chi connectivity index (χ1) is 9.70. The van der Waals surface area contributed by atoms with Gasteiger partial charge in [0.15, 0.2) is 6.10 Å². The van der Waals surface area contributed by atoms with Crippen LogP contribution in [0.2, 0.25) is 0 Å². The van der Waals surface area contributed by atoms with Gasteiger partial charge in [-0.25, -0.2) is 4.39 Å². The van der Waals surface area contributed by atoms with Crippen molar-refractivity contribution in [3.63, 3.8) is 0 Å². The molecule has 0 aromatic heterocycles. The molecule has 0 saturated carbocycles. The lowest BCUT2D eigenvalue weighted by molar-refractivity contribution is -0.142. The molecule has 0 bridgehead atoms. The summed E-state index contributed by atoms with van der Waals surface area (Å²) in [5, 5.41) is 11.1. The Hall–Kier alpha value is -1.94. The Labute approximate surface area is 115 Å². The quantitative estimate of drug-likeness (QED) is 0.775. The van der Waals surface area contributed by atoms with Gasteiger partial charge < -0.3 is 19.9 Å². The third kappa shape index (κ3) is 3.78. The van der Waals surface area contributed by atoms with Gasteiger partial charge in [-0.05, 0) is 18.2 Å². The van der Waals surface area contributed by atoms with Crippen molar-refractivity contribution >= 4 is 11.6 Å². The number of carbonyl (C=O) groups is 1. The second kappa shape index (κ2) is 7.01. The molecule has 0 radical (unpaired) electrons. The maximum atomic E-state index is 13.7. The largest absolute Gasteiger partial charge is 0.384 e. The predicted molar refractivity (Wildman–Crippen MR) is 69.6 cm³/mol. The standard InChI is InChI=1S/C14H14FNO4/c15-12-8-11(4-3-10(12)2-1-5-17)16-14(18)13-9-19-6-7-20-13/h3-4,8,13,17H,5-7,9H2,(H,16,18). The molecule has 1 aromatic carbocycles. The van der Waals surface area contributed by atoms with Crippen LogP contribution in [0, 0.1) is 17.7 Å². The summed E-state index contributed by atoms with van der Waals surface area (Å²) >= 11 is 0. The van der Waals surface area contributed by atoms with Crippen molar-refractivity contribution in [2.75, 3.05) is 31.7 Å². The first kappa shape index (κ1) is 14.5. The van der Waals surface area contributed by atoms with Crippen LogP contribution in [0.5, 0.6) is 0 Å². The van der Waals surface area contributed by atoms with E-state index >= 15 is 0 Å². The molecular weight excluding hydrogens is 265 g/mol. The van der Waals surface area contributed by atoms with Gasteiger partial charge in [0.2, 0.25) is 0 Å². The molecule has 106 valence electrons. The zero-order valence-corrected chi connectivity index (χ0v) is 10.7. The third-order valence-corrected chi connectivity index (χ3v) is 2.65. The van der Waals surface area contributed by atoms with Crippen molar-refractivity contribution < 1.29 is 23.8 Å². The number of nitrogens with one attached hydrogen (secondary N) is 1. The summed E-state index contributed by atoms with van der Waals surface area (Å²) in [5.41, 5.74) is 0.477. The number of anilines is 1. The topological polar surface area (TPSA) is 67.8 Å². The lowest BCUT2D eigenvalue weighted by Gasteiger charge is -2.22. The molecule has 1 amide bonds. The van der Waals surface area contributed by atoms with Gasteiger partial charge >= 0.3 is 0 Å². The fraction of sp³-hybridized carbons (Fsp3) is 0.357. The normalized spacial score (nSPS) is 18.0. The molecule has 1 atom stereocenters. The average molecular weight is 279 g/mol. The summed E-state index contributed by atoms with van der Waals surface area (Å²) < 4.78 is 24.0. The van der Waals surface area contributed by atoms with Gasteiger partial charge in [0.25, 0.3) is 5.91 Å². The van der Waals surface area contributed by atoms with Crippen LogP contribution in [0.4, 0.5) is 10.1 Å². The molecule has 1 heterocycles. The van der Waals surface area contributed by atoms with E-state index in [-0.39, 0.29) is 24.7 Å². The highest BCUT2D eigenvalue weighted by molar-refractivity contribution is 5.94. The second-order valence-electron chi connectivity index (χ2n) is 4.08. The molecule has 5 nitrogen and oxygen atoms in total. The maximum absolute atomic E-state index is 13.7. The van der Waals surface area contributed by atoms with Gasteiger partial charge in [0, 0.05) is 5.69 Å². The van der Waals surface area contributed by atoms with E-state index in [0.717, 1.165) is 0 Å². The van der Waals surface area contributed by atoms with E-state index in [2.05, 4.69) is 17.2 Å². The van der Waals surface area contributed by atoms with Crippen LogP contribution >= 0.6 is 0 Å². The van der Waals surface area contributed by atoms with Crippen molar-refractivity contribution in [3.8, 4) is 11.8 Å². The summed E-state index contributed by atoms with van der Waals surface area (Å²) in [4.78, 5) is 11.8. The Morgan fingerprint density at radius 3 is 3.00 bits per heavy atom. The highest BCUT2D eigenvalue weighted by Gasteiger charge is 2.22. The lowest BCUT2D eigenvalue weighted by atomic mass is 10.2. The smallest absolute Gasteiger partial charge is 0.255 e. The van der Waals surface area contributed by atoms with Crippen LogP contribution < -0.4 is 5.32 Å². The molecule has 2 N–H and O–H groups in total. The van der Waals surface area contributed by atoms with E-state index < -0.39 is 11.9 Å². The van der Waals surface area contributed by atoms with Crippen LogP contribution in [0.25, 0.3) is 0 Å². The number of rotatable bonds is 2. The Morgan fingerprint density at radius 1 is 1.50 bits per heavy atom. The predicted octanol–water partition coefficient (Wildman–Crippen LogP) is 0.523. The first-order valence-corrected chi connectivity index (χ1v) is 6.10. The van der Waals surface area contributed by atoms with E-state index in [0.29, 0.717) is 18.9 Å². The van der Waals surface area contributed by atoms with Gasteiger partial charge in [-0.15, -0.1) is 0 Å². The van der Waals surface area contributed by atoms with Crippen LogP contribution in [0.15, 0.2) is 18.2 Å². The molecule has 1 aliphatic rings. The molecule has 0 aliphatic carbocycles.